The number of fused-ring (bicyclic) bond motifs is 1. The fourth-order valence-corrected chi connectivity index (χ4v) is 2.34. The van der Waals surface area contributed by atoms with E-state index in [0.29, 0.717) is 24.4 Å². The van der Waals surface area contributed by atoms with Gasteiger partial charge >= 0.3 is 6.03 Å². The van der Waals surface area contributed by atoms with Crippen molar-refractivity contribution in [2.45, 2.75) is 6.42 Å². The number of halogens is 1. The number of benzene rings is 2. The summed E-state index contributed by atoms with van der Waals surface area (Å²) in [6.07, 6.45) is 0.640. The topological polar surface area (TPSA) is 68.8 Å². The fourth-order valence-electron chi connectivity index (χ4n) is 2.34. The molecule has 1 aliphatic heterocycles. The Morgan fingerprint density at radius 3 is 2.83 bits per heavy atom. The first-order valence-electron chi connectivity index (χ1n) is 7.42. The molecule has 0 aromatic heterocycles. The molecule has 0 aliphatic carbocycles. The van der Waals surface area contributed by atoms with Crippen LogP contribution in [0.3, 0.4) is 0 Å². The van der Waals surface area contributed by atoms with Crippen LogP contribution < -0.4 is 24.8 Å². The van der Waals surface area contributed by atoms with Gasteiger partial charge in [0, 0.05) is 18.3 Å². The minimum absolute atomic E-state index is 0.128. The lowest BCUT2D eigenvalue weighted by Gasteiger charge is -2.09. The second-order valence-corrected chi connectivity index (χ2v) is 5.17. The van der Waals surface area contributed by atoms with Gasteiger partial charge in [0.25, 0.3) is 0 Å². The zero-order chi connectivity index (χ0) is 16.9. The molecule has 0 saturated heterocycles. The summed E-state index contributed by atoms with van der Waals surface area (Å²) >= 11 is 0. The van der Waals surface area contributed by atoms with Gasteiger partial charge in [-0.2, -0.15) is 0 Å². The van der Waals surface area contributed by atoms with Crippen LogP contribution >= 0.6 is 0 Å². The van der Waals surface area contributed by atoms with Gasteiger partial charge in [-0.05, 0) is 36.2 Å². The summed E-state index contributed by atoms with van der Waals surface area (Å²) in [6.45, 7) is 0.669. The van der Waals surface area contributed by atoms with Crippen molar-refractivity contribution < 1.29 is 23.4 Å². The third-order valence-electron chi connectivity index (χ3n) is 3.55. The molecule has 0 fully saturated rings. The molecule has 2 aromatic carbocycles. The maximum atomic E-state index is 13.6. The van der Waals surface area contributed by atoms with Crippen molar-refractivity contribution in [2.75, 3.05) is 25.8 Å². The predicted octanol–water partition coefficient (Wildman–Crippen LogP) is 2.93. The molecule has 1 heterocycles. The van der Waals surface area contributed by atoms with E-state index in [2.05, 4.69) is 10.6 Å². The average molecular weight is 332 g/mol. The molecule has 1 aliphatic rings. The number of methoxy groups -OCH3 is 1. The number of nitrogens with one attached hydrogen (secondary N) is 2. The van der Waals surface area contributed by atoms with E-state index in [1.807, 2.05) is 18.2 Å². The number of ether oxygens (including phenoxy) is 3. The summed E-state index contributed by atoms with van der Waals surface area (Å²) in [4.78, 5) is 11.8. The maximum Gasteiger partial charge on any atom is 0.319 e. The van der Waals surface area contributed by atoms with Crippen LogP contribution in [0.15, 0.2) is 36.4 Å². The molecule has 0 saturated carbocycles. The van der Waals surface area contributed by atoms with Crippen LogP contribution in [0, 0.1) is 5.82 Å². The van der Waals surface area contributed by atoms with Crippen molar-refractivity contribution >= 4 is 11.7 Å². The SMILES string of the molecule is COc1ccc(NC(=O)NCCc2ccc3c(c2)OCO3)cc1F. The van der Waals surface area contributed by atoms with E-state index in [1.54, 1.807) is 6.07 Å². The Morgan fingerprint density at radius 2 is 2.04 bits per heavy atom. The zero-order valence-corrected chi connectivity index (χ0v) is 13.1. The van der Waals surface area contributed by atoms with Crippen molar-refractivity contribution in [3.05, 3.63) is 47.8 Å². The van der Waals surface area contributed by atoms with Crippen molar-refractivity contribution in [3.63, 3.8) is 0 Å². The van der Waals surface area contributed by atoms with Gasteiger partial charge in [0.2, 0.25) is 6.79 Å². The molecule has 2 aromatic rings. The number of carbonyl (C=O) groups is 1. The summed E-state index contributed by atoms with van der Waals surface area (Å²) < 4.78 is 28.9. The van der Waals surface area contributed by atoms with Crippen molar-refractivity contribution in [1.82, 2.24) is 5.32 Å². The highest BCUT2D eigenvalue weighted by Crippen LogP contribution is 2.32. The molecule has 126 valence electrons. The minimum atomic E-state index is -0.532. The van der Waals surface area contributed by atoms with Crippen molar-refractivity contribution in [1.29, 1.82) is 0 Å². The molecule has 0 unspecified atom stereocenters. The first kappa shape index (κ1) is 15.9. The van der Waals surface area contributed by atoms with Crippen molar-refractivity contribution in [2.24, 2.45) is 0 Å². The van der Waals surface area contributed by atoms with Crippen molar-refractivity contribution in [3.8, 4) is 17.2 Å². The minimum Gasteiger partial charge on any atom is -0.494 e. The average Bonchev–Trinajstić information content (AvgIpc) is 3.03. The summed E-state index contributed by atoms with van der Waals surface area (Å²) in [7, 11) is 1.38. The Kier molecular flexibility index (Phi) is 4.69. The molecule has 7 heteroatoms. The van der Waals surface area contributed by atoms with Crippen LogP contribution in [0.1, 0.15) is 5.56 Å². The lowest BCUT2D eigenvalue weighted by molar-refractivity contribution is 0.174. The molecule has 24 heavy (non-hydrogen) atoms. The van der Waals surface area contributed by atoms with Crippen LogP contribution in [0.4, 0.5) is 14.9 Å². The van der Waals surface area contributed by atoms with E-state index in [9.17, 15) is 9.18 Å². The van der Waals surface area contributed by atoms with E-state index in [0.717, 1.165) is 11.3 Å². The molecule has 2 amide bonds. The lowest BCUT2D eigenvalue weighted by atomic mass is 10.1. The first-order valence-corrected chi connectivity index (χ1v) is 7.42. The van der Waals surface area contributed by atoms with Gasteiger partial charge in [-0.1, -0.05) is 6.07 Å². The molecule has 2 N–H and O–H groups in total. The number of hydrogen-bond acceptors (Lipinski definition) is 4. The highest BCUT2D eigenvalue weighted by Gasteiger charge is 2.13. The van der Waals surface area contributed by atoms with E-state index < -0.39 is 11.8 Å². The Morgan fingerprint density at radius 1 is 1.21 bits per heavy atom. The normalized spacial score (nSPS) is 11.9. The Balaban J connectivity index is 1.48. The zero-order valence-electron chi connectivity index (χ0n) is 13.1. The largest absolute Gasteiger partial charge is 0.494 e. The second-order valence-electron chi connectivity index (χ2n) is 5.17. The molecule has 0 radical (unpaired) electrons. The van der Waals surface area contributed by atoms with E-state index in [-0.39, 0.29) is 12.5 Å². The van der Waals surface area contributed by atoms with Crippen LogP contribution in [0.25, 0.3) is 0 Å². The van der Waals surface area contributed by atoms with Gasteiger partial charge in [0.15, 0.2) is 23.1 Å². The Hall–Kier alpha value is -2.96. The number of rotatable bonds is 5. The molecule has 0 atom stereocenters. The van der Waals surface area contributed by atoms with Gasteiger partial charge in [-0.15, -0.1) is 0 Å². The van der Waals surface area contributed by atoms with Gasteiger partial charge in [0.05, 0.1) is 7.11 Å². The monoisotopic (exact) mass is 332 g/mol. The number of carbonyl (C=O) groups excluding carboxylic acids is 1. The first-order chi connectivity index (χ1) is 11.7. The smallest absolute Gasteiger partial charge is 0.319 e. The summed E-state index contributed by atoms with van der Waals surface area (Å²) in [5.41, 5.74) is 1.38. The highest BCUT2D eigenvalue weighted by atomic mass is 19.1. The molecular formula is C17H17FN2O4. The second kappa shape index (κ2) is 7.08. The Bertz CT molecular complexity index is 751. The van der Waals surface area contributed by atoms with E-state index >= 15 is 0 Å². The summed E-state index contributed by atoms with van der Waals surface area (Å²) in [6, 6.07) is 9.48. The van der Waals surface area contributed by atoms with Gasteiger partial charge in [-0.3, -0.25) is 0 Å². The van der Waals surface area contributed by atoms with Crippen LogP contribution in [-0.4, -0.2) is 26.5 Å². The third-order valence-corrected chi connectivity index (χ3v) is 3.55. The van der Waals surface area contributed by atoms with Crippen LogP contribution in [0.2, 0.25) is 0 Å². The molecule has 6 nitrogen and oxygen atoms in total. The molecule has 0 spiro atoms. The van der Waals surface area contributed by atoms with Gasteiger partial charge in [0.1, 0.15) is 0 Å². The summed E-state index contributed by atoms with van der Waals surface area (Å²) in [5, 5.41) is 5.29. The quantitative estimate of drug-likeness (QED) is 0.883. The summed E-state index contributed by atoms with van der Waals surface area (Å²) in [5.74, 6) is 1.04. The van der Waals surface area contributed by atoms with Gasteiger partial charge < -0.3 is 24.8 Å². The number of anilines is 1. The van der Waals surface area contributed by atoms with E-state index in [4.69, 9.17) is 14.2 Å². The maximum absolute atomic E-state index is 13.6. The van der Waals surface area contributed by atoms with Gasteiger partial charge in [-0.25, -0.2) is 9.18 Å². The van der Waals surface area contributed by atoms with Crippen LogP contribution in [0.5, 0.6) is 17.2 Å². The molecule has 0 bridgehead atoms. The predicted molar refractivity (Wildman–Crippen MR) is 86.2 cm³/mol. The molecular weight excluding hydrogens is 315 g/mol. The lowest BCUT2D eigenvalue weighted by Crippen LogP contribution is -2.30. The standard InChI is InChI=1S/C17H17FN2O4/c1-22-14-5-3-12(9-13(14)18)20-17(21)19-7-6-11-2-4-15-16(8-11)24-10-23-15/h2-5,8-9H,6-7,10H2,1H3,(H2,19,20,21). The fraction of sp³-hybridized carbons (Fsp3) is 0.235. The highest BCUT2D eigenvalue weighted by molar-refractivity contribution is 5.89. The number of urea groups is 1. The third kappa shape index (κ3) is 3.68. The Labute approximate surface area is 138 Å². The molecule has 3 rings (SSSR count). The van der Waals surface area contributed by atoms with Crippen LogP contribution in [-0.2, 0) is 6.42 Å². The number of amides is 2. The van der Waals surface area contributed by atoms with E-state index in [1.165, 1.54) is 19.2 Å². The number of hydrogen-bond donors (Lipinski definition) is 2.